The summed E-state index contributed by atoms with van der Waals surface area (Å²) in [7, 11) is 1.34. The quantitative estimate of drug-likeness (QED) is 0.505. The van der Waals surface area contributed by atoms with Crippen molar-refractivity contribution in [1.82, 2.24) is 0 Å². The summed E-state index contributed by atoms with van der Waals surface area (Å²) in [5, 5.41) is 0.119. The topological polar surface area (TPSA) is 36.9 Å². The number of methoxy groups -OCH3 is 2. The summed E-state index contributed by atoms with van der Waals surface area (Å²) in [6.45, 7) is 13.5. The summed E-state index contributed by atoms with van der Waals surface area (Å²) < 4.78 is 23.0. The standard InChI is InChI=1S/C18H32O4Si/c1-14(21-13-19-5)17(22-23(7,8)18(2,3)4)15-11-9-10-12-16(15)20-6/h9-12,14,17H,13H2,1-8H3. The van der Waals surface area contributed by atoms with Gasteiger partial charge < -0.3 is 18.6 Å². The van der Waals surface area contributed by atoms with Crippen molar-refractivity contribution in [3.05, 3.63) is 29.8 Å². The lowest BCUT2D eigenvalue weighted by Crippen LogP contribution is -2.44. The highest BCUT2D eigenvalue weighted by Crippen LogP contribution is 2.42. The van der Waals surface area contributed by atoms with E-state index in [-0.39, 0.29) is 24.0 Å². The SMILES string of the molecule is COCOC(C)C(O[Si](C)(C)C(C)(C)C)c1ccccc1OC. The summed E-state index contributed by atoms with van der Waals surface area (Å²) in [6.07, 6.45) is -0.331. The Morgan fingerprint density at radius 1 is 1.09 bits per heavy atom. The summed E-state index contributed by atoms with van der Waals surface area (Å²) in [5.41, 5.74) is 1.02. The van der Waals surface area contributed by atoms with Crippen LogP contribution >= 0.6 is 0 Å². The molecule has 0 saturated carbocycles. The first-order chi connectivity index (χ1) is 10.6. The van der Waals surface area contributed by atoms with Crippen molar-refractivity contribution in [2.45, 2.75) is 58.0 Å². The largest absolute Gasteiger partial charge is 0.496 e. The molecule has 0 heterocycles. The average molecular weight is 341 g/mol. The highest BCUT2D eigenvalue weighted by molar-refractivity contribution is 6.74. The summed E-state index contributed by atoms with van der Waals surface area (Å²) in [5.74, 6) is 0.823. The van der Waals surface area contributed by atoms with Gasteiger partial charge in [0, 0.05) is 12.7 Å². The van der Waals surface area contributed by atoms with Gasteiger partial charge in [-0.3, -0.25) is 0 Å². The van der Waals surface area contributed by atoms with Gasteiger partial charge >= 0.3 is 0 Å². The zero-order valence-electron chi connectivity index (χ0n) is 15.8. The molecule has 1 rings (SSSR count). The normalized spacial score (nSPS) is 15.3. The maximum absolute atomic E-state index is 6.67. The molecular weight excluding hydrogens is 308 g/mol. The zero-order chi connectivity index (χ0) is 17.7. The molecule has 0 saturated heterocycles. The Morgan fingerprint density at radius 2 is 1.70 bits per heavy atom. The van der Waals surface area contributed by atoms with E-state index in [1.165, 1.54) is 0 Å². The van der Waals surface area contributed by atoms with Crippen molar-refractivity contribution in [2.75, 3.05) is 21.0 Å². The molecule has 0 fully saturated rings. The van der Waals surface area contributed by atoms with Crippen LogP contribution in [0, 0.1) is 0 Å². The van der Waals surface area contributed by atoms with Crippen molar-refractivity contribution in [3.63, 3.8) is 0 Å². The third kappa shape index (κ3) is 5.31. The molecule has 1 aromatic rings. The molecule has 5 heteroatoms. The first kappa shape index (κ1) is 20.2. The van der Waals surface area contributed by atoms with Gasteiger partial charge in [-0.05, 0) is 31.1 Å². The van der Waals surface area contributed by atoms with E-state index in [1.54, 1.807) is 14.2 Å². The number of rotatable bonds is 8. The fourth-order valence-corrected chi connectivity index (χ4v) is 3.38. The molecule has 0 bridgehead atoms. The van der Waals surface area contributed by atoms with Crippen LogP contribution in [-0.2, 0) is 13.9 Å². The van der Waals surface area contributed by atoms with Crippen LogP contribution in [-0.4, -0.2) is 35.4 Å². The molecule has 0 aromatic heterocycles. The Kier molecular flexibility index (Phi) is 7.26. The van der Waals surface area contributed by atoms with E-state index < -0.39 is 8.32 Å². The molecule has 0 aliphatic heterocycles. The average Bonchev–Trinajstić information content (AvgIpc) is 2.49. The number of benzene rings is 1. The van der Waals surface area contributed by atoms with Crippen LogP contribution in [0.1, 0.15) is 39.4 Å². The summed E-state index contributed by atoms with van der Waals surface area (Å²) in [6, 6.07) is 7.97. The van der Waals surface area contributed by atoms with E-state index in [0.29, 0.717) is 0 Å². The van der Waals surface area contributed by atoms with Crippen LogP contribution in [0.2, 0.25) is 18.1 Å². The summed E-state index contributed by atoms with van der Waals surface area (Å²) >= 11 is 0. The van der Waals surface area contributed by atoms with Gasteiger partial charge in [0.05, 0.1) is 13.2 Å². The lowest BCUT2D eigenvalue weighted by molar-refractivity contribution is -0.103. The maximum Gasteiger partial charge on any atom is 0.193 e. The van der Waals surface area contributed by atoms with E-state index in [4.69, 9.17) is 18.6 Å². The molecular formula is C18H32O4Si. The van der Waals surface area contributed by atoms with Crippen molar-refractivity contribution in [2.24, 2.45) is 0 Å². The molecule has 0 radical (unpaired) electrons. The minimum Gasteiger partial charge on any atom is -0.496 e. The predicted octanol–water partition coefficient (Wildman–Crippen LogP) is 4.77. The third-order valence-electron chi connectivity index (χ3n) is 4.55. The third-order valence-corrected chi connectivity index (χ3v) is 9.00. The Morgan fingerprint density at radius 3 is 2.22 bits per heavy atom. The Labute approximate surface area is 142 Å². The first-order valence-corrected chi connectivity index (χ1v) is 11.0. The highest BCUT2D eigenvalue weighted by atomic mass is 28.4. The van der Waals surface area contributed by atoms with Gasteiger partial charge in [0.15, 0.2) is 8.32 Å². The van der Waals surface area contributed by atoms with Crippen molar-refractivity contribution < 1.29 is 18.6 Å². The van der Waals surface area contributed by atoms with E-state index >= 15 is 0 Å². The van der Waals surface area contributed by atoms with Crippen LogP contribution in [0.15, 0.2) is 24.3 Å². The molecule has 0 aliphatic carbocycles. The minimum atomic E-state index is -1.96. The molecule has 2 unspecified atom stereocenters. The Bertz CT molecular complexity index is 482. The number of para-hydroxylation sites is 1. The molecule has 0 aliphatic rings. The van der Waals surface area contributed by atoms with E-state index in [1.807, 2.05) is 31.2 Å². The van der Waals surface area contributed by atoms with Crippen LogP contribution in [0.25, 0.3) is 0 Å². The number of ether oxygens (including phenoxy) is 3. The Hall–Kier alpha value is -0.883. The molecule has 0 N–H and O–H groups in total. The van der Waals surface area contributed by atoms with Gasteiger partial charge in [0.2, 0.25) is 0 Å². The monoisotopic (exact) mass is 340 g/mol. The van der Waals surface area contributed by atoms with Gasteiger partial charge in [-0.1, -0.05) is 39.0 Å². The fraction of sp³-hybridized carbons (Fsp3) is 0.667. The smallest absolute Gasteiger partial charge is 0.193 e. The highest BCUT2D eigenvalue weighted by Gasteiger charge is 2.41. The van der Waals surface area contributed by atoms with Crippen LogP contribution in [0.3, 0.4) is 0 Å². The minimum absolute atomic E-state index is 0.119. The second kappa shape index (κ2) is 8.28. The van der Waals surface area contributed by atoms with Gasteiger partial charge in [0.1, 0.15) is 18.6 Å². The van der Waals surface area contributed by atoms with Crippen LogP contribution < -0.4 is 4.74 Å². The maximum atomic E-state index is 6.67. The van der Waals surface area contributed by atoms with E-state index in [0.717, 1.165) is 11.3 Å². The second-order valence-corrected chi connectivity index (χ2v) is 12.1. The Balaban J connectivity index is 3.17. The van der Waals surface area contributed by atoms with Gasteiger partial charge in [0.25, 0.3) is 0 Å². The van der Waals surface area contributed by atoms with Gasteiger partial charge in [-0.2, -0.15) is 0 Å². The van der Waals surface area contributed by atoms with E-state index in [2.05, 4.69) is 33.9 Å². The molecule has 132 valence electrons. The van der Waals surface area contributed by atoms with Crippen LogP contribution in [0.5, 0.6) is 5.75 Å². The first-order valence-electron chi connectivity index (χ1n) is 8.05. The zero-order valence-corrected chi connectivity index (χ0v) is 16.8. The molecule has 1 aromatic carbocycles. The number of hydrogen-bond donors (Lipinski definition) is 0. The lowest BCUT2D eigenvalue weighted by Gasteiger charge is -2.41. The number of hydrogen-bond acceptors (Lipinski definition) is 4. The fourth-order valence-electron chi connectivity index (χ4n) is 2.07. The molecule has 2 atom stereocenters. The predicted molar refractivity (Wildman–Crippen MR) is 96.4 cm³/mol. The van der Waals surface area contributed by atoms with Crippen molar-refractivity contribution >= 4 is 8.32 Å². The van der Waals surface area contributed by atoms with Crippen LogP contribution in [0.4, 0.5) is 0 Å². The molecule has 0 spiro atoms. The molecule has 4 nitrogen and oxygen atoms in total. The van der Waals surface area contributed by atoms with Crippen molar-refractivity contribution in [3.8, 4) is 5.75 Å². The second-order valence-electron chi connectivity index (χ2n) is 7.32. The molecule has 0 amide bonds. The van der Waals surface area contributed by atoms with Crippen molar-refractivity contribution in [1.29, 1.82) is 0 Å². The summed E-state index contributed by atoms with van der Waals surface area (Å²) in [4.78, 5) is 0. The van der Waals surface area contributed by atoms with Gasteiger partial charge in [-0.25, -0.2) is 0 Å². The van der Waals surface area contributed by atoms with Gasteiger partial charge in [-0.15, -0.1) is 0 Å². The lowest BCUT2D eigenvalue weighted by atomic mass is 10.0. The van der Waals surface area contributed by atoms with E-state index in [9.17, 15) is 0 Å². The molecule has 23 heavy (non-hydrogen) atoms.